The maximum atomic E-state index is 4.27. The Morgan fingerprint density at radius 1 is 1.14 bits per heavy atom. The molecule has 2 aromatic rings. The van der Waals surface area contributed by atoms with Crippen LogP contribution in [0.1, 0.15) is 32.7 Å². The number of hydrogen-bond donors (Lipinski definition) is 0. The molecule has 0 saturated heterocycles. The molecule has 0 bridgehead atoms. The fourth-order valence-corrected chi connectivity index (χ4v) is 1.63. The summed E-state index contributed by atoms with van der Waals surface area (Å²) in [6, 6.07) is 3.88. The molecular formula is C11H18N2S. The summed E-state index contributed by atoms with van der Waals surface area (Å²) in [5.74, 6) is 0. The van der Waals surface area contributed by atoms with Gasteiger partial charge in [0.15, 0.2) is 0 Å². The summed E-state index contributed by atoms with van der Waals surface area (Å²) in [6.07, 6.45) is 1.79. The molecule has 0 saturated carbocycles. The van der Waals surface area contributed by atoms with Crippen LogP contribution in [0, 0.1) is 6.92 Å². The van der Waals surface area contributed by atoms with E-state index in [9.17, 15) is 0 Å². The van der Waals surface area contributed by atoms with E-state index in [0.29, 0.717) is 0 Å². The van der Waals surface area contributed by atoms with Crippen LogP contribution in [-0.2, 0) is 0 Å². The summed E-state index contributed by atoms with van der Waals surface area (Å²) in [7, 11) is 0. The average molecular weight is 210 g/mol. The quantitative estimate of drug-likeness (QED) is 0.655. The van der Waals surface area contributed by atoms with Crippen LogP contribution >= 0.6 is 11.3 Å². The van der Waals surface area contributed by atoms with Crippen molar-refractivity contribution in [1.29, 1.82) is 0 Å². The lowest BCUT2D eigenvalue weighted by Gasteiger charge is -1.80. The van der Waals surface area contributed by atoms with Gasteiger partial charge in [-0.2, -0.15) is 0 Å². The maximum Gasteiger partial charge on any atom is 0.143 e. The molecule has 0 unspecified atom stereocenters. The van der Waals surface area contributed by atoms with Crippen LogP contribution in [0.15, 0.2) is 18.3 Å². The Hall–Kier alpha value is -0.960. The Balaban J connectivity index is 0.000000379. The smallest absolute Gasteiger partial charge is 0.143 e. The molecule has 0 N–H and O–H groups in total. The van der Waals surface area contributed by atoms with Gasteiger partial charge in [-0.25, -0.2) is 9.97 Å². The minimum Gasteiger partial charge on any atom is -0.244 e. The third-order valence-corrected chi connectivity index (χ3v) is 2.17. The lowest BCUT2D eigenvalue weighted by Crippen LogP contribution is -1.69. The fraction of sp³-hybridized carbons (Fsp3) is 0.455. The minimum absolute atomic E-state index is 1.00. The first kappa shape index (κ1) is 13.0. The molecule has 0 amide bonds. The van der Waals surface area contributed by atoms with Crippen molar-refractivity contribution in [3.63, 3.8) is 0 Å². The van der Waals surface area contributed by atoms with Crippen LogP contribution in [0.25, 0.3) is 10.3 Å². The summed E-state index contributed by atoms with van der Waals surface area (Å²) < 4.78 is 0. The molecule has 0 spiro atoms. The van der Waals surface area contributed by atoms with E-state index in [1.165, 1.54) is 0 Å². The van der Waals surface area contributed by atoms with Gasteiger partial charge in [-0.1, -0.05) is 39.0 Å². The van der Waals surface area contributed by atoms with E-state index in [1.807, 2.05) is 46.8 Å². The third-order valence-electron chi connectivity index (χ3n) is 1.27. The third kappa shape index (κ3) is 3.42. The molecule has 0 radical (unpaired) electrons. The zero-order chi connectivity index (χ0) is 11.0. The first-order valence-corrected chi connectivity index (χ1v) is 5.86. The number of pyridine rings is 1. The number of nitrogens with zero attached hydrogens (tertiary/aromatic N) is 2. The molecule has 78 valence electrons. The second-order valence-corrected chi connectivity index (χ2v) is 3.24. The highest BCUT2D eigenvalue weighted by Gasteiger charge is 1.97. The van der Waals surface area contributed by atoms with Crippen molar-refractivity contribution in [3.8, 4) is 0 Å². The van der Waals surface area contributed by atoms with Crippen molar-refractivity contribution in [2.45, 2.75) is 34.6 Å². The molecule has 0 aromatic carbocycles. The Labute approximate surface area is 90.0 Å². The molecule has 0 atom stereocenters. The Kier molecular flexibility index (Phi) is 6.93. The lowest BCUT2D eigenvalue weighted by molar-refractivity contribution is 1.33. The van der Waals surface area contributed by atoms with E-state index in [1.54, 1.807) is 17.5 Å². The average Bonchev–Trinajstić information content (AvgIpc) is 2.64. The van der Waals surface area contributed by atoms with Crippen LogP contribution in [-0.4, -0.2) is 9.97 Å². The van der Waals surface area contributed by atoms with Crippen LogP contribution < -0.4 is 0 Å². The molecule has 0 aliphatic heterocycles. The van der Waals surface area contributed by atoms with E-state index >= 15 is 0 Å². The summed E-state index contributed by atoms with van der Waals surface area (Å²) in [5.41, 5.74) is 1.00. The van der Waals surface area contributed by atoms with Crippen molar-refractivity contribution in [3.05, 3.63) is 23.3 Å². The van der Waals surface area contributed by atoms with Crippen molar-refractivity contribution >= 4 is 21.7 Å². The van der Waals surface area contributed by atoms with Gasteiger partial charge in [0.1, 0.15) is 10.3 Å². The minimum atomic E-state index is 1.00. The Bertz CT molecular complexity index is 322. The number of fused-ring (bicyclic) bond motifs is 1. The van der Waals surface area contributed by atoms with Gasteiger partial charge < -0.3 is 0 Å². The highest BCUT2D eigenvalue weighted by Crippen LogP contribution is 2.17. The maximum absolute atomic E-state index is 4.27. The van der Waals surface area contributed by atoms with Gasteiger partial charge in [0, 0.05) is 6.20 Å². The molecular weight excluding hydrogens is 192 g/mol. The molecule has 2 heterocycles. The highest BCUT2D eigenvalue weighted by molar-refractivity contribution is 7.18. The van der Waals surface area contributed by atoms with E-state index in [-0.39, 0.29) is 0 Å². The van der Waals surface area contributed by atoms with E-state index < -0.39 is 0 Å². The van der Waals surface area contributed by atoms with Gasteiger partial charge in [0.25, 0.3) is 0 Å². The second-order valence-electron chi connectivity index (χ2n) is 2.06. The predicted molar refractivity (Wildman–Crippen MR) is 64.8 cm³/mol. The van der Waals surface area contributed by atoms with Gasteiger partial charge >= 0.3 is 0 Å². The van der Waals surface area contributed by atoms with Crippen molar-refractivity contribution in [2.75, 3.05) is 0 Å². The van der Waals surface area contributed by atoms with Gasteiger partial charge in [-0.3, -0.25) is 0 Å². The zero-order valence-electron chi connectivity index (χ0n) is 9.53. The molecule has 2 nitrogen and oxygen atoms in total. The molecule has 3 heteroatoms. The van der Waals surface area contributed by atoms with Gasteiger partial charge in [0.2, 0.25) is 0 Å². The summed E-state index contributed by atoms with van der Waals surface area (Å²) in [6.45, 7) is 9.99. The molecule has 0 aliphatic carbocycles. The number of aromatic nitrogens is 2. The van der Waals surface area contributed by atoms with E-state index in [2.05, 4.69) is 9.97 Å². The van der Waals surface area contributed by atoms with Crippen LogP contribution in [0.3, 0.4) is 0 Å². The van der Waals surface area contributed by atoms with Gasteiger partial charge in [-0.15, -0.1) is 0 Å². The number of thiazole rings is 1. The van der Waals surface area contributed by atoms with Crippen molar-refractivity contribution in [1.82, 2.24) is 9.97 Å². The van der Waals surface area contributed by atoms with Crippen molar-refractivity contribution in [2.24, 2.45) is 0 Å². The standard InChI is InChI=1S/C7H6N2S.2C2H6/c1-5-9-6-3-2-4-8-7(6)10-5;2*1-2/h2-4H,1H3;2*1-2H3. The Morgan fingerprint density at radius 2 is 1.79 bits per heavy atom. The SMILES string of the molecule is CC.CC.Cc1nc2cccnc2s1. The zero-order valence-corrected chi connectivity index (χ0v) is 10.4. The van der Waals surface area contributed by atoms with E-state index in [4.69, 9.17) is 0 Å². The second kappa shape index (κ2) is 7.44. The predicted octanol–water partition coefficient (Wildman–Crippen LogP) is 4.05. The fourth-order valence-electron chi connectivity index (χ4n) is 0.878. The Morgan fingerprint density at radius 3 is 2.36 bits per heavy atom. The van der Waals surface area contributed by atoms with E-state index in [0.717, 1.165) is 15.4 Å². The first-order chi connectivity index (χ1) is 6.86. The summed E-state index contributed by atoms with van der Waals surface area (Å²) >= 11 is 1.63. The topological polar surface area (TPSA) is 25.8 Å². The molecule has 14 heavy (non-hydrogen) atoms. The molecule has 2 rings (SSSR count). The number of hydrogen-bond acceptors (Lipinski definition) is 3. The highest BCUT2D eigenvalue weighted by atomic mass is 32.1. The molecule has 2 aromatic heterocycles. The number of aryl methyl sites for hydroxylation is 1. The molecule has 0 aliphatic rings. The summed E-state index contributed by atoms with van der Waals surface area (Å²) in [5, 5.41) is 1.08. The normalized spacial score (nSPS) is 8.36. The van der Waals surface area contributed by atoms with Gasteiger partial charge in [0.05, 0.1) is 5.01 Å². The molecule has 0 fully saturated rings. The van der Waals surface area contributed by atoms with Crippen molar-refractivity contribution < 1.29 is 0 Å². The number of rotatable bonds is 0. The van der Waals surface area contributed by atoms with Gasteiger partial charge in [-0.05, 0) is 19.1 Å². The van der Waals surface area contributed by atoms with Crippen LogP contribution in [0.4, 0.5) is 0 Å². The summed E-state index contributed by atoms with van der Waals surface area (Å²) in [4.78, 5) is 9.46. The lowest BCUT2D eigenvalue weighted by atomic mass is 10.5. The van der Waals surface area contributed by atoms with Crippen LogP contribution in [0.5, 0.6) is 0 Å². The largest absolute Gasteiger partial charge is 0.244 e. The monoisotopic (exact) mass is 210 g/mol. The first-order valence-electron chi connectivity index (χ1n) is 5.04. The van der Waals surface area contributed by atoms with Crippen LogP contribution in [0.2, 0.25) is 0 Å².